The molecule has 5 N–H and O–H groups in total. The van der Waals surface area contributed by atoms with Gasteiger partial charge in [0.05, 0.1) is 6.04 Å². The molecule has 0 aromatic rings. The number of hydrogen-bond donors (Lipinski definition) is 4. The molecule has 37 heavy (non-hydrogen) atoms. The van der Waals surface area contributed by atoms with Crippen molar-refractivity contribution in [3.05, 3.63) is 0 Å². The standard InChI is InChI=1S/C27H45N5O5/c1-25(2,3)20(30-24(37)31-26(4,5)6)23(36)32-13-15-17(27(15,7)8)18(32)22(35)29-16(19(33)21(28)34)12-14-10-9-11-14/h14-18,20H,9-13H2,1-8H3,(H2,28,34)(H,29,35)(H2,30,31,37)/t15-,16-,17-,18-,20+/m0/s1/i4D3,5D3,6D3,9D2,10D2,11D2,12D2,14D. The SMILES string of the molecule is [2H]C([2H])([2H])C(NC(=O)N[C@H](C(=O)N1C[C@H]2[C@@H]([C@H]1C(=O)N[C@H](C(=O)C(N)=O)C([2H])([2H])C1([2H])C([2H])([2H])C([2H])([2H])C1([2H])[2H])C2(C)C)C(C)(C)C)(C([2H])([2H])[2H])C([2H])([2H])[2H]. The first-order valence-electron chi connectivity index (χ1n) is 20.5. The summed E-state index contributed by atoms with van der Waals surface area (Å²) in [5.41, 5.74) is -0.765. The number of carbonyl (C=O) groups is 5. The average Bonchev–Trinajstić information content (AvgIpc) is 3.28. The first-order chi connectivity index (χ1) is 24.0. The highest BCUT2D eigenvalue weighted by Crippen LogP contribution is 2.65. The molecule has 0 bridgehead atoms. The van der Waals surface area contributed by atoms with Crippen LogP contribution in [0.1, 0.15) is 105 Å². The summed E-state index contributed by atoms with van der Waals surface area (Å²) in [6.45, 7) is -4.19. The molecule has 10 nitrogen and oxygen atoms in total. The molecule has 1 aliphatic heterocycles. The van der Waals surface area contributed by atoms with E-state index in [0.717, 1.165) is 4.90 Å². The normalized spacial score (nSPS) is 39.8. The third-order valence-corrected chi connectivity index (χ3v) is 6.90. The van der Waals surface area contributed by atoms with Gasteiger partial charge in [0.2, 0.25) is 17.6 Å². The lowest BCUT2D eigenvalue weighted by molar-refractivity contribution is -0.145. The van der Waals surface area contributed by atoms with Crippen LogP contribution >= 0.6 is 0 Å². The molecule has 0 unspecified atom stereocenters. The number of Topliss-reactive ketones (excluding diaryl/α,β-unsaturated/α-hetero) is 1. The smallest absolute Gasteiger partial charge is 0.315 e. The fourth-order valence-electron chi connectivity index (χ4n) is 4.84. The van der Waals surface area contributed by atoms with Crippen LogP contribution in [0.2, 0.25) is 0 Å². The second-order valence-corrected chi connectivity index (χ2v) is 11.1. The molecule has 0 spiro atoms. The van der Waals surface area contributed by atoms with Crippen LogP contribution in [0.25, 0.3) is 0 Å². The van der Waals surface area contributed by atoms with Crippen LogP contribution in [-0.4, -0.2) is 64.6 Å². The highest BCUT2D eigenvalue weighted by atomic mass is 16.2. The van der Waals surface area contributed by atoms with Crippen molar-refractivity contribution in [3.63, 3.8) is 0 Å². The zero-order valence-corrected chi connectivity index (χ0v) is 21.2. The van der Waals surface area contributed by atoms with Gasteiger partial charge < -0.3 is 26.6 Å². The molecule has 10 heteroatoms. The Morgan fingerprint density at radius 2 is 1.78 bits per heavy atom. The third kappa shape index (κ3) is 6.26. The topological polar surface area (TPSA) is 151 Å². The minimum absolute atomic E-state index is 0.233. The lowest BCUT2D eigenvalue weighted by Gasteiger charge is -2.38. The Morgan fingerprint density at radius 3 is 2.32 bits per heavy atom. The molecule has 2 aliphatic carbocycles. The monoisotopic (exact) mass is 537 g/mol. The molecule has 1 saturated heterocycles. The maximum atomic E-state index is 14.3. The van der Waals surface area contributed by atoms with E-state index in [2.05, 4.69) is 5.32 Å². The van der Waals surface area contributed by atoms with Crippen LogP contribution in [0.4, 0.5) is 4.79 Å². The fourth-order valence-corrected chi connectivity index (χ4v) is 4.84. The Balaban J connectivity index is 2.08. The first-order valence-corrected chi connectivity index (χ1v) is 11.5. The number of urea groups is 1. The third-order valence-electron chi connectivity index (χ3n) is 6.90. The predicted octanol–water partition coefficient (Wildman–Crippen LogP) is 1.71. The van der Waals surface area contributed by atoms with Gasteiger partial charge in [0.1, 0.15) is 12.1 Å². The molecule has 3 rings (SSSR count). The van der Waals surface area contributed by atoms with E-state index in [1.807, 2.05) is 5.32 Å². The highest BCUT2D eigenvalue weighted by Gasteiger charge is 2.70. The van der Waals surface area contributed by atoms with E-state index in [0.29, 0.717) is 0 Å². The average molecular weight is 538 g/mol. The number of rotatable bonds is 8. The van der Waals surface area contributed by atoms with E-state index in [1.165, 1.54) is 20.8 Å². The molecule has 0 aromatic carbocycles. The van der Waals surface area contributed by atoms with E-state index in [9.17, 15) is 24.0 Å². The Morgan fingerprint density at radius 1 is 1.16 bits per heavy atom. The molecule has 0 aromatic heterocycles. The number of carbonyl (C=O) groups excluding carboxylic acids is 5. The van der Waals surface area contributed by atoms with E-state index >= 15 is 0 Å². The van der Waals surface area contributed by atoms with E-state index in [4.69, 9.17) is 30.4 Å². The van der Waals surface area contributed by atoms with Gasteiger partial charge in [-0.05, 0) is 55.5 Å². The lowest BCUT2D eigenvalue weighted by atomic mass is 9.80. The summed E-state index contributed by atoms with van der Waals surface area (Å²) in [5, 5.41) is 5.60. The van der Waals surface area contributed by atoms with Crippen molar-refractivity contribution < 1.29 is 48.6 Å². The number of fused-ring (bicyclic) bond motifs is 1. The van der Waals surface area contributed by atoms with Gasteiger partial charge >= 0.3 is 6.03 Å². The van der Waals surface area contributed by atoms with E-state index < -0.39 is 128 Å². The Labute approximate surface area is 245 Å². The summed E-state index contributed by atoms with van der Waals surface area (Å²) < 4.78 is 144. The molecule has 2 saturated carbocycles. The number of likely N-dealkylation sites (tertiary alicyclic amines) is 1. The molecule has 3 aliphatic rings. The van der Waals surface area contributed by atoms with Gasteiger partial charge in [-0.25, -0.2) is 4.79 Å². The molecular formula is C27H45N5O5. The van der Waals surface area contributed by atoms with Crippen molar-refractivity contribution >= 4 is 29.5 Å². The highest BCUT2D eigenvalue weighted by molar-refractivity contribution is 6.37. The largest absolute Gasteiger partial charge is 0.363 e. The number of hydrogen-bond acceptors (Lipinski definition) is 5. The maximum Gasteiger partial charge on any atom is 0.315 e. The van der Waals surface area contributed by atoms with Crippen LogP contribution in [0.3, 0.4) is 0 Å². The van der Waals surface area contributed by atoms with Crippen molar-refractivity contribution in [2.75, 3.05) is 6.54 Å². The van der Waals surface area contributed by atoms with Gasteiger partial charge in [-0.3, -0.25) is 19.2 Å². The van der Waals surface area contributed by atoms with Crippen LogP contribution in [0.5, 0.6) is 0 Å². The maximum absolute atomic E-state index is 14.3. The number of nitrogens with two attached hydrogens (primary N) is 1. The summed E-state index contributed by atoms with van der Waals surface area (Å²) in [4.78, 5) is 68.1. The van der Waals surface area contributed by atoms with Gasteiger partial charge in [0.25, 0.3) is 5.91 Å². The zero-order chi connectivity index (χ0) is 43.7. The Kier molecular flexibility index (Phi) is 3.46. The molecule has 5 amide bonds. The van der Waals surface area contributed by atoms with Crippen LogP contribution in [0.15, 0.2) is 0 Å². The van der Waals surface area contributed by atoms with Crippen molar-refractivity contribution in [2.24, 2.45) is 34.3 Å². The first kappa shape index (κ1) is 12.9. The molecule has 5 atom stereocenters. The number of piperidine rings is 1. The Hall–Kier alpha value is -2.65. The van der Waals surface area contributed by atoms with Crippen LogP contribution in [0, 0.1) is 28.6 Å². The van der Waals surface area contributed by atoms with Crippen LogP contribution in [-0.2, 0) is 19.2 Å². The fraction of sp³-hybridized carbons (Fsp3) is 0.815. The van der Waals surface area contributed by atoms with Crippen molar-refractivity contribution in [1.82, 2.24) is 20.9 Å². The lowest BCUT2D eigenvalue weighted by Crippen LogP contribution is -2.62. The molecule has 3 fully saturated rings. The quantitative estimate of drug-likeness (QED) is 0.348. The minimum atomic E-state index is -3.90. The molecule has 208 valence electrons. The number of ketones is 1. The summed E-state index contributed by atoms with van der Waals surface area (Å²) in [5.74, 6) is -11.3. The Bertz CT molecular complexity index is 1580. The summed E-state index contributed by atoms with van der Waals surface area (Å²) in [7, 11) is 0. The van der Waals surface area contributed by atoms with Gasteiger partial charge in [0.15, 0.2) is 0 Å². The summed E-state index contributed by atoms with van der Waals surface area (Å²) in [6.07, 6.45) is -14.7. The predicted molar refractivity (Wildman–Crippen MR) is 139 cm³/mol. The number of nitrogens with zero attached hydrogens (tertiary/aromatic N) is 1. The van der Waals surface area contributed by atoms with Crippen molar-refractivity contribution in [3.8, 4) is 0 Å². The van der Waals surface area contributed by atoms with Crippen LogP contribution < -0.4 is 21.7 Å². The van der Waals surface area contributed by atoms with Gasteiger partial charge in [-0.1, -0.05) is 53.7 Å². The number of primary amides is 1. The second-order valence-electron chi connectivity index (χ2n) is 11.1. The number of amides is 5. The minimum Gasteiger partial charge on any atom is -0.363 e. The summed E-state index contributed by atoms with van der Waals surface area (Å²) in [6, 6.07) is -8.04. The zero-order valence-electron chi connectivity index (χ0n) is 39.2. The molecule has 0 radical (unpaired) electrons. The second kappa shape index (κ2) is 9.91. The summed E-state index contributed by atoms with van der Waals surface area (Å²) >= 11 is 0. The number of nitrogens with one attached hydrogen (secondary N) is 3. The van der Waals surface area contributed by atoms with Gasteiger partial charge in [-0.15, -0.1) is 0 Å². The molecule has 1 heterocycles. The van der Waals surface area contributed by atoms with E-state index in [-0.39, 0.29) is 6.54 Å². The van der Waals surface area contributed by atoms with Crippen molar-refractivity contribution in [1.29, 1.82) is 0 Å². The van der Waals surface area contributed by atoms with Gasteiger partial charge in [-0.2, -0.15) is 0 Å². The molecular weight excluding hydrogens is 474 g/mol. The van der Waals surface area contributed by atoms with Gasteiger partial charge in [0, 0.05) is 36.8 Å². The van der Waals surface area contributed by atoms with Crippen molar-refractivity contribution in [2.45, 2.75) is 104 Å². The van der Waals surface area contributed by atoms with E-state index in [1.54, 1.807) is 19.2 Å².